The molecule has 0 aliphatic rings. The molecular weight excluding hydrogens is 223 g/mol. The van der Waals surface area contributed by atoms with Crippen LogP contribution in [0.25, 0.3) is 0 Å². The van der Waals surface area contributed by atoms with E-state index in [9.17, 15) is 13.2 Å². The summed E-state index contributed by atoms with van der Waals surface area (Å²) in [4.78, 5) is 0. The Hall–Kier alpha value is -1.37. The minimum absolute atomic E-state index is 0.112. The SMILES string of the molecule is CCC(CO)Nc1ccc(C(F)(F)F)nn1. The number of hydrogen-bond donors (Lipinski definition) is 2. The second-order valence-electron chi connectivity index (χ2n) is 3.23. The monoisotopic (exact) mass is 235 g/mol. The molecule has 7 heteroatoms. The zero-order valence-electron chi connectivity index (χ0n) is 8.62. The van der Waals surface area contributed by atoms with Gasteiger partial charge < -0.3 is 10.4 Å². The first-order chi connectivity index (χ1) is 7.47. The molecule has 0 saturated heterocycles. The van der Waals surface area contributed by atoms with Crippen LogP contribution in [0.4, 0.5) is 19.0 Å². The van der Waals surface area contributed by atoms with Gasteiger partial charge in [-0.3, -0.25) is 0 Å². The Balaban J connectivity index is 2.72. The molecule has 0 aliphatic carbocycles. The summed E-state index contributed by atoms with van der Waals surface area (Å²) in [6, 6.07) is 1.80. The van der Waals surface area contributed by atoms with Crippen LogP contribution in [-0.2, 0) is 6.18 Å². The Morgan fingerprint density at radius 1 is 1.38 bits per heavy atom. The quantitative estimate of drug-likeness (QED) is 0.833. The Morgan fingerprint density at radius 3 is 2.44 bits per heavy atom. The molecule has 1 unspecified atom stereocenters. The van der Waals surface area contributed by atoms with Gasteiger partial charge in [-0.25, -0.2) is 0 Å². The van der Waals surface area contributed by atoms with Crippen molar-refractivity contribution in [1.82, 2.24) is 10.2 Å². The maximum Gasteiger partial charge on any atom is 0.435 e. The molecule has 0 aliphatic heterocycles. The van der Waals surface area contributed by atoms with Crippen molar-refractivity contribution in [2.45, 2.75) is 25.6 Å². The van der Waals surface area contributed by atoms with Crippen molar-refractivity contribution < 1.29 is 18.3 Å². The number of alkyl halides is 3. The van der Waals surface area contributed by atoms with Crippen LogP contribution >= 0.6 is 0 Å². The van der Waals surface area contributed by atoms with Gasteiger partial charge in [-0.2, -0.15) is 13.2 Å². The molecule has 1 aromatic heterocycles. The number of rotatable bonds is 4. The van der Waals surface area contributed by atoms with Crippen LogP contribution in [0.3, 0.4) is 0 Å². The highest BCUT2D eigenvalue weighted by Crippen LogP contribution is 2.27. The largest absolute Gasteiger partial charge is 0.435 e. The summed E-state index contributed by atoms with van der Waals surface area (Å²) in [5.41, 5.74) is -1.03. The fourth-order valence-corrected chi connectivity index (χ4v) is 1.05. The third-order valence-corrected chi connectivity index (χ3v) is 2.02. The van der Waals surface area contributed by atoms with Gasteiger partial charge in [-0.05, 0) is 18.6 Å². The number of halogens is 3. The van der Waals surface area contributed by atoms with Gasteiger partial charge in [0, 0.05) is 0 Å². The lowest BCUT2D eigenvalue weighted by molar-refractivity contribution is -0.141. The molecule has 0 radical (unpaired) electrons. The van der Waals surface area contributed by atoms with Crippen LogP contribution < -0.4 is 5.32 Å². The Morgan fingerprint density at radius 2 is 2.06 bits per heavy atom. The van der Waals surface area contributed by atoms with Crippen LogP contribution in [0.5, 0.6) is 0 Å². The molecule has 0 aromatic carbocycles. The first kappa shape index (κ1) is 12.7. The lowest BCUT2D eigenvalue weighted by Gasteiger charge is -2.14. The molecule has 1 rings (SSSR count). The smallest absolute Gasteiger partial charge is 0.394 e. The van der Waals surface area contributed by atoms with Gasteiger partial charge in [0.05, 0.1) is 12.6 Å². The number of hydrogen-bond acceptors (Lipinski definition) is 4. The van der Waals surface area contributed by atoms with Crippen LogP contribution in [0.15, 0.2) is 12.1 Å². The summed E-state index contributed by atoms with van der Waals surface area (Å²) in [6.07, 6.45) is -3.84. The maximum atomic E-state index is 12.2. The van der Waals surface area contributed by atoms with E-state index in [4.69, 9.17) is 5.11 Å². The highest BCUT2D eigenvalue weighted by atomic mass is 19.4. The lowest BCUT2D eigenvalue weighted by atomic mass is 10.2. The molecule has 0 amide bonds. The van der Waals surface area contributed by atoms with Gasteiger partial charge in [-0.15, -0.1) is 10.2 Å². The molecule has 0 saturated carbocycles. The van der Waals surface area contributed by atoms with E-state index in [0.717, 1.165) is 6.07 Å². The van der Waals surface area contributed by atoms with Crippen molar-refractivity contribution >= 4 is 5.82 Å². The molecule has 0 bridgehead atoms. The molecule has 0 spiro atoms. The van der Waals surface area contributed by atoms with E-state index >= 15 is 0 Å². The van der Waals surface area contributed by atoms with Gasteiger partial charge in [0.25, 0.3) is 0 Å². The molecule has 90 valence electrons. The molecule has 1 aromatic rings. The zero-order chi connectivity index (χ0) is 12.2. The van der Waals surface area contributed by atoms with Crippen LogP contribution in [0.2, 0.25) is 0 Å². The van der Waals surface area contributed by atoms with Crippen LogP contribution in [0.1, 0.15) is 19.0 Å². The van der Waals surface area contributed by atoms with E-state index in [-0.39, 0.29) is 18.5 Å². The van der Waals surface area contributed by atoms with Crippen molar-refractivity contribution in [3.63, 3.8) is 0 Å². The van der Waals surface area contributed by atoms with Crippen LogP contribution in [0, 0.1) is 0 Å². The van der Waals surface area contributed by atoms with E-state index in [0.29, 0.717) is 6.42 Å². The Labute approximate surface area is 90.5 Å². The first-order valence-corrected chi connectivity index (χ1v) is 4.75. The highest BCUT2D eigenvalue weighted by Gasteiger charge is 2.32. The number of aliphatic hydroxyl groups excluding tert-OH is 1. The minimum Gasteiger partial charge on any atom is -0.394 e. The predicted octanol–water partition coefficient (Wildman–Crippen LogP) is 1.68. The van der Waals surface area contributed by atoms with Gasteiger partial charge in [0.1, 0.15) is 5.82 Å². The van der Waals surface area contributed by atoms with Crippen molar-refractivity contribution in [2.24, 2.45) is 0 Å². The predicted molar refractivity (Wildman–Crippen MR) is 51.8 cm³/mol. The van der Waals surface area contributed by atoms with Crippen molar-refractivity contribution in [3.8, 4) is 0 Å². The van der Waals surface area contributed by atoms with Gasteiger partial charge in [0.15, 0.2) is 5.69 Å². The van der Waals surface area contributed by atoms with Gasteiger partial charge in [-0.1, -0.05) is 6.92 Å². The Bertz CT molecular complexity index is 322. The van der Waals surface area contributed by atoms with Crippen molar-refractivity contribution in [3.05, 3.63) is 17.8 Å². The zero-order valence-corrected chi connectivity index (χ0v) is 8.62. The third-order valence-electron chi connectivity index (χ3n) is 2.02. The van der Waals surface area contributed by atoms with E-state index in [1.165, 1.54) is 6.07 Å². The third kappa shape index (κ3) is 3.34. The average molecular weight is 235 g/mol. The number of nitrogens with one attached hydrogen (secondary N) is 1. The summed E-state index contributed by atoms with van der Waals surface area (Å²) in [7, 11) is 0. The average Bonchev–Trinajstić information content (AvgIpc) is 2.25. The van der Waals surface area contributed by atoms with Gasteiger partial charge in [0.2, 0.25) is 0 Å². The summed E-state index contributed by atoms with van der Waals surface area (Å²) in [5.74, 6) is 0.217. The molecule has 1 heterocycles. The van der Waals surface area contributed by atoms with Crippen molar-refractivity contribution in [1.29, 1.82) is 0 Å². The summed E-state index contributed by atoms with van der Waals surface area (Å²) < 4.78 is 36.5. The highest BCUT2D eigenvalue weighted by molar-refractivity contribution is 5.34. The fourth-order valence-electron chi connectivity index (χ4n) is 1.05. The second kappa shape index (κ2) is 5.11. The van der Waals surface area contributed by atoms with Gasteiger partial charge >= 0.3 is 6.18 Å². The molecule has 16 heavy (non-hydrogen) atoms. The topological polar surface area (TPSA) is 58.0 Å². The molecule has 0 fully saturated rings. The summed E-state index contributed by atoms with van der Waals surface area (Å²) >= 11 is 0. The second-order valence-corrected chi connectivity index (χ2v) is 3.23. The number of anilines is 1. The van der Waals surface area contributed by atoms with E-state index < -0.39 is 11.9 Å². The summed E-state index contributed by atoms with van der Waals surface area (Å²) in [5, 5.41) is 18.1. The Kier molecular flexibility index (Phi) is 4.05. The standard InChI is InChI=1S/C9H12F3N3O/c1-2-6(5-16)13-8-4-3-7(14-15-8)9(10,11)12/h3-4,6,16H,2,5H2,1H3,(H,13,15). The van der Waals surface area contributed by atoms with E-state index in [1.54, 1.807) is 0 Å². The van der Waals surface area contributed by atoms with Crippen LogP contribution in [-0.4, -0.2) is 28.0 Å². The molecule has 4 nitrogen and oxygen atoms in total. The van der Waals surface area contributed by atoms with E-state index in [2.05, 4.69) is 15.5 Å². The number of nitrogens with zero attached hydrogens (tertiary/aromatic N) is 2. The lowest BCUT2D eigenvalue weighted by Crippen LogP contribution is -2.23. The fraction of sp³-hybridized carbons (Fsp3) is 0.556. The summed E-state index contributed by atoms with van der Waals surface area (Å²) in [6.45, 7) is 1.73. The minimum atomic E-state index is -4.48. The molecule has 1 atom stereocenters. The number of aliphatic hydroxyl groups is 1. The van der Waals surface area contributed by atoms with Crippen molar-refractivity contribution in [2.75, 3.05) is 11.9 Å². The first-order valence-electron chi connectivity index (χ1n) is 4.75. The molecule has 2 N–H and O–H groups in total. The molecular formula is C9H12F3N3O. The normalized spacial score (nSPS) is 13.6. The van der Waals surface area contributed by atoms with E-state index in [1.807, 2.05) is 6.92 Å². The number of aromatic nitrogens is 2. The maximum absolute atomic E-state index is 12.2.